The maximum absolute atomic E-state index is 12.1. The van der Waals surface area contributed by atoms with Crippen LogP contribution in [0, 0.1) is 0 Å². The Kier molecular flexibility index (Phi) is 4.88. The molecule has 2 aromatic rings. The molecule has 0 aliphatic heterocycles. The molecule has 0 aliphatic rings. The average Bonchev–Trinajstić information content (AvgIpc) is 2.44. The van der Waals surface area contributed by atoms with Gasteiger partial charge >= 0.3 is 5.97 Å². The van der Waals surface area contributed by atoms with E-state index in [-0.39, 0.29) is 11.6 Å². The molecule has 5 nitrogen and oxygen atoms in total. The molecule has 0 fully saturated rings. The molecule has 0 saturated carbocycles. The molecule has 2 rings (SSSR count). The van der Waals surface area contributed by atoms with E-state index in [4.69, 9.17) is 23.2 Å². The van der Waals surface area contributed by atoms with E-state index in [2.05, 4.69) is 4.98 Å². The number of fused-ring (bicyclic) bond motifs is 1. The molecule has 1 amide bonds. The zero-order valence-corrected chi connectivity index (χ0v) is 13.6. The van der Waals surface area contributed by atoms with Gasteiger partial charge in [0.25, 0.3) is 0 Å². The Hall–Kier alpha value is -1.85. The fraction of sp³-hybridized carbons (Fsp3) is 0.267. The Balaban J connectivity index is 2.74. The van der Waals surface area contributed by atoms with Gasteiger partial charge in [-0.2, -0.15) is 0 Å². The number of anilines is 1. The summed E-state index contributed by atoms with van der Waals surface area (Å²) in [6.07, 6.45) is 1.05. The van der Waals surface area contributed by atoms with Crippen LogP contribution in [0.5, 0.6) is 0 Å². The van der Waals surface area contributed by atoms with E-state index in [1.165, 1.54) is 23.1 Å². The van der Waals surface area contributed by atoms with Gasteiger partial charge in [-0.3, -0.25) is 4.79 Å². The molecule has 1 aromatic carbocycles. The fourth-order valence-corrected chi connectivity index (χ4v) is 2.73. The number of amides is 1. The predicted octanol–water partition coefficient (Wildman–Crippen LogP) is 4.00. The summed E-state index contributed by atoms with van der Waals surface area (Å²) in [5.74, 6) is -1.31. The van der Waals surface area contributed by atoms with Crippen LogP contribution in [0.25, 0.3) is 10.9 Å². The number of aromatic carboxylic acids is 1. The lowest BCUT2D eigenvalue weighted by Crippen LogP contribution is -2.26. The van der Waals surface area contributed by atoms with Crippen LogP contribution in [0.3, 0.4) is 0 Å². The number of carbonyl (C=O) groups is 2. The number of hydrogen-bond acceptors (Lipinski definition) is 3. The van der Waals surface area contributed by atoms with Crippen molar-refractivity contribution in [2.24, 2.45) is 0 Å². The summed E-state index contributed by atoms with van der Waals surface area (Å²) in [4.78, 5) is 28.8. The lowest BCUT2D eigenvalue weighted by atomic mass is 10.1. The van der Waals surface area contributed by atoms with Crippen LogP contribution in [-0.4, -0.2) is 29.0 Å². The van der Waals surface area contributed by atoms with Gasteiger partial charge in [-0.25, -0.2) is 9.78 Å². The third-order valence-corrected chi connectivity index (χ3v) is 3.74. The zero-order chi connectivity index (χ0) is 16.4. The first kappa shape index (κ1) is 16.5. The summed E-state index contributed by atoms with van der Waals surface area (Å²) in [6.45, 7) is 1.89. The second-order valence-electron chi connectivity index (χ2n) is 4.82. The molecule has 1 aromatic heterocycles. The summed E-state index contributed by atoms with van der Waals surface area (Å²) < 4.78 is 0. The van der Waals surface area contributed by atoms with Gasteiger partial charge in [0.2, 0.25) is 5.91 Å². The van der Waals surface area contributed by atoms with E-state index in [0.717, 1.165) is 0 Å². The minimum absolute atomic E-state index is 0.127. The van der Waals surface area contributed by atoms with Crippen molar-refractivity contribution in [2.75, 3.05) is 11.9 Å². The van der Waals surface area contributed by atoms with Crippen molar-refractivity contribution in [1.29, 1.82) is 0 Å². The molecule has 0 radical (unpaired) electrons. The smallest absolute Gasteiger partial charge is 0.354 e. The highest BCUT2D eigenvalue weighted by Gasteiger charge is 2.19. The maximum atomic E-state index is 12.1. The van der Waals surface area contributed by atoms with Crippen LogP contribution in [0.1, 0.15) is 30.3 Å². The molecule has 116 valence electrons. The summed E-state index contributed by atoms with van der Waals surface area (Å²) in [5, 5.41) is 10.4. The zero-order valence-electron chi connectivity index (χ0n) is 12.1. The minimum Gasteiger partial charge on any atom is -0.477 e. The van der Waals surface area contributed by atoms with Crippen molar-refractivity contribution in [1.82, 2.24) is 4.98 Å². The molecular weight excluding hydrogens is 327 g/mol. The van der Waals surface area contributed by atoms with E-state index < -0.39 is 5.97 Å². The monoisotopic (exact) mass is 340 g/mol. The van der Waals surface area contributed by atoms with Gasteiger partial charge in [0, 0.05) is 23.9 Å². The largest absolute Gasteiger partial charge is 0.477 e. The third kappa shape index (κ3) is 3.15. The molecule has 0 atom stereocenters. The van der Waals surface area contributed by atoms with Gasteiger partial charge in [0.05, 0.1) is 16.2 Å². The summed E-state index contributed by atoms with van der Waals surface area (Å²) in [5.41, 5.74) is 0.572. The van der Waals surface area contributed by atoms with Gasteiger partial charge in [-0.1, -0.05) is 30.1 Å². The van der Waals surface area contributed by atoms with E-state index >= 15 is 0 Å². The average molecular weight is 341 g/mol. The second kappa shape index (κ2) is 6.50. The van der Waals surface area contributed by atoms with Crippen LogP contribution < -0.4 is 4.90 Å². The molecule has 1 heterocycles. The number of carboxylic acid groups (broad SMARTS) is 1. The van der Waals surface area contributed by atoms with Crippen LogP contribution in [0.15, 0.2) is 18.2 Å². The van der Waals surface area contributed by atoms with E-state index in [9.17, 15) is 14.7 Å². The summed E-state index contributed by atoms with van der Waals surface area (Å²) in [6, 6.07) is 4.41. The van der Waals surface area contributed by atoms with Crippen LogP contribution in [0.4, 0.5) is 5.69 Å². The highest BCUT2D eigenvalue weighted by Crippen LogP contribution is 2.35. The van der Waals surface area contributed by atoms with Gasteiger partial charge in [0.15, 0.2) is 5.69 Å². The number of benzene rings is 1. The lowest BCUT2D eigenvalue weighted by Gasteiger charge is -2.20. The molecule has 0 spiro atoms. The Morgan fingerprint density at radius 2 is 1.95 bits per heavy atom. The Bertz CT molecular complexity index is 762. The lowest BCUT2D eigenvalue weighted by molar-refractivity contribution is -0.118. The number of nitrogens with zero attached hydrogens (tertiary/aromatic N) is 2. The first-order chi connectivity index (χ1) is 10.3. The number of halogens is 2. The molecular formula is C15H14Cl2N2O3. The predicted molar refractivity (Wildman–Crippen MR) is 87.0 cm³/mol. The molecule has 7 heteroatoms. The molecule has 1 N–H and O–H groups in total. The minimum atomic E-state index is -1.18. The number of carboxylic acids is 1. The normalized spacial score (nSPS) is 10.7. The second-order valence-corrected chi connectivity index (χ2v) is 5.66. The topological polar surface area (TPSA) is 70.5 Å². The molecule has 0 bridgehead atoms. The van der Waals surface area contributed by atoms with Crippen molar-refractivity contribution in [2.45, 2.75) is 19.8 Å². The molecule has 0 saturated heterocycles. The summed E-state index contributed by atoms with van der Waals surface area (Å²) >= 11 is 12.2. The van der Waals surface area contributed by atoms with Gasteiger partial charge in [-0.05, 0) is 24.6 Å². The Morgan fingerprint density at radius 3 is 2.55 bits per heavy atom. The Labute approximate surface area is 137 Å². The van der Waals surface area contributed by atoms with Gasteiger partial charge in [0.1, 0.15) is 0 Å². The quantitative estimate of drug-likeness (QED) is 0.912. The number of rotatable bonds is 4. The van der Waals surface area contributed by atoms with Crippen molar-refractivity contribution in [3.8, 4) is 0 Å². The van der Waals surface area contributed by atoms with E-state index in [0.29, 0.717) is 39.5 Å². The fourth-order valence-electron chi connectivity index (χ4n) is 2.16. The summed E-state index contributed by atoms with van der Waals surface area (Å²) in [7, 11) is 1.59. The van der Waals surface area contributed by atoms with Crippen molar-refractivity contribution < 1.29 is 14.7 Å². The van der Waals surface area contributed by atoms with Crippen LogP contribution in [0.2, 0.25) is 10.0 Å². The van der Waals surface area contributed by atoms with Crippen molar-refractivity contribution in [3.63, 3.8) is 0 Å². The first-order valence-corrected chi connectivity index (χ1v) is 7.40. The highest BCUT2D eigenvalue weighted by molar-refractivity contribution is 6.39. The van der Waals surface area contributed by atoms with Gasteiger partial charge < -0.3 is 10.0 Å². The first-order valence-electron chi connectivity index (χ1n) is 6.64. The highest BCUT2D eigenvalue weighted by atomic mass is 35.5. The van der Waals surface area contributed by atoms with E-state index in [1.807, 2.05) is 6.92 Å². The Morgan fingerprint density at radius 1 is 1.27 bits per heavy atom. The van der Waals surface area contributed by atoms with E-state index in [1.54, 1.807) is 7.05 Å². The van der Waals surface area contributed by atoms with Gasteiger partial charge in [-0.15, -0.1) is 0 Å². The molecule has 0 unspecified atom stereocenters. The van der Waals surface area contributed by atoms with Crippen LogP contribution in [-0.2, 0) is 4.79 Å². The number of hydrogen-bond donors (Lipinski definition) is 1. The SMILES string of the molecule is CCCC(=O)N(C)c1cc(C(=O)O)nc2cc(Cl)cc(Cl)c12. The van der Waals surface area contributed by atoms with Crippen molar-refractivity contribution in [3.05, 3.63) is 33.9 Å². The number of carbonyl (C=O) groups excluding carboxylic acids is 1. The van der Waals surface area contributed by atoms with Crippen molar-refractivity contribution >= 4 is 51.7 Å². The maximum Gasteiger partial charge on any atom is 0.354 e. The number of pyridine rings is 1. The molecule has 0 aliphatic carbocycles. The third-order valence-electron chi connectivity index (χ3n) is 3.22. The number of aromatic nitrogens is 1. The molecule has 22 heavy (non-hydrogen) atoms. The standard InChI is InChI=1S/C15H14Cl2N2O3/c1-3-4-13(20)19(2)12-7-11(15(21)22)18-10-6-8(16)5-9(17)14(10)12/h5-7H,3-4H2,1-2H3,(H,21,22). The van der Waals surface area contributed by atoms with Crippen LogP contribution >= 0.6 is 23.2 Å².